The van der Waals surface area contributed by atoms with E-state index < -0.39 is 5.97 Å². The SMILES string of the molecule is C/C(Nc1ccnc(-c2ccncc2)n1)=C(\C#N)C(=O)O. The maximum absolute atomic E-state index is 10.9. The zero-order valence-corrected chi connectivity index (χ0v) is 11.1. The van der Waals surface area contributed by atoms with Gasteiger partial charge < -0.3 is 10.4 Å². The first kappa shape index (κ1) is 14.1. The van der Waals surface area contributed by atoms with Gasteiger partial charge in [0.25, 0.3) is 0 Å². The summed E-state index contributed by atoms with van der Waals surface area (Å²) in [4.78, 5) is 23.2. The van der Waals surface area contributed by atoms with E-state index in [1.165, 1.54) is 6.92 Å². The highest BCUT2D eigenvalue weighted by atomic mass is 16.4. The molecule has 0 amide bonds. The Morgan fingerprint density at radius 3 is 2.62 bits per heavy atom. The quantitative estimate of drug-likeness (QED) is 0.649. The Morgan fingerprint density at radius 2 is 2.00 bits per heavy atom. The number of allylic oxidation sites excluding steroid dienone is 1. The molecule has 0 radical (unpaired) electrons. The van der Waals surface area contributed by atoms with Crippen LogP contribution in [0.15, 0.2) is 48.1 Å². The van der Waals surface area contributed by atoms with Crippen LogP contribution in [0.1, 0.15) is 6.92 Å². The molecule has 0 unspecified atom stereocenters. The maximum Gasteiger partial charge on any atom is 0.348 e. The Bertz CT molecular complexity index is 735. The molecule has 2 aromatic heterocycles. The smallest absolute Gasteiger partial charge is 0.348 e. The van der Waals surface area contributed by atoms with E-state index in [-0.39, 0.29) is 11.3 Å². The molecule has 0 spiro atoms. The van der Waals surface area contributed by atoms with E-state index in [1.807, 2.05) is 0 Å². The van der Waals surface area contributed by atoms with Gasteiger partial charge in [-0.15, -0.1) is 0 Å². The fourth-order valence-corrected chi connectivity index (χ4v) is 1.62. The topological polar surface area (TPSA) is 112 Å². The lowest BCUT2D eigenvalue weighted by molar-refractivity contribution is -0.132. The molecular weight excluding hydrogens is 270 g/mol. The summed E-state index contributed by atoms with van der Waals surface area (Å²) in [6.45, 7) is 1.50. The van der Waals surface area contributed by atoms with Crippen LogP contribution in [0.4, 0.5) is 5.82 Å². The second kappa shape index (κ2) is 6.25. The minimum absolute atomic E-state index is 0.212. The van der Waals surface area contributed by atoms with Crippen molar-refractivity contribution in [1.29, 1.82) is 5.26 Å². The molecule has 104 valence electrons. The van der Waals surface area contributed by atoms with Crippen molar-refractivity contribution in [3.05, 3.63) is 48.1 Å². The Balaban J connectivity index is 2.31. The van der Waals surface area contributed by atoms with Crippen LogP contribution in [0.3, 0.4) is 0 Å². The van der Waals surface area contributed by atoms with Crippen LogP contribution in [0.25, 0.3) is 11.4 Å². The van der Waals surface area contributed by atoms with Gasteiger partial charge in [-0.3, -0.25) is 4.98 Å². The summed E-state index contributed by atoms with van der Waals surface area (Å²) in [6.07, 6.45) is 4.80. The van der Waals surface area contributed by atoms with Crippen LogP contribution in [0.5, 0.6) is 0 Å². The van der Waals surface area contributed by atoms with E-state index in [0.29, 0.717) is 11.6 Å². The number of pyridine rings is 1. The summed E-state index contributed by atoms with van der Waals surface area (Å²) in [7, 11) is 0. The normalized spacial score (nSPS) is 11.2. The second-order valence-electron chi connectivity index (χ2n) is 4.04. The van der Waals surface area contributed by atoms with Crippen LogP contribution in [-0.2, 0) is 4.79 Å². The van der Waals surface area contributed by atoms with Crippen molar-refractivity contribution < 1.29 is 9.90 Å². The monoisotopic (exact) mass is 281 g/mol. The van der Waals surface area contributed by atoms with Gasteiger partial charge >= 0.3 is 5.97 Å². The molecule has 2 rings (SSSR count). The standard InChI is InChI=1S/C14H11N5O2/c1-9(11(8-15)14(20)21)18-12-4-7-17-13(19-12)10-2-5-16-6-3-10/h2-7H,1H3,(H,20,21)(H,17,18,19)/b11-9-. The number of hydrogen-bond acceptors (Lipinski definition) is 6. The number of nitriles is 1. The van der Waals surface area contributed by atoms with Crippen molar-refractivity contribution in [3.8, 4) is 17.5 Å². The van der Waals surface area contributed by atoms with Crippen molar-refractivity contribution in [2.24, 2.45) is 0 Å². The van der Waals surface area contributed by atoms with Gasteiger partial charge in [0.2, 0.25) is 0 Å². The molecule has 7 heteroatoms. The minimum Gasteiger partial charge on any atom is -0.477 e. The third kappa shape index (κ3) is 3.39. The highest BCUT2D eigenvalue weighted by Gasteiger charge is 2.11. The number of anilines is 1. The summed E-state index contributed by atoms with van der Waals surface area (Å²) in [5, 5.41) is 20.5. The zero-order valence-electron chi connectivity index (χ0n) is 11.1. The van der Waals surface area contributed by atoms with Crippen molar-refractivity contribution in [2.75, 3.05) is 5.32 Å². The van der Waals surface area contributed by atoms with Crippen LogP contribution in [0.2, 0.25) is 0 Å². The molecule has 0 fully saturated rings. The first-order valence-electron chi connectivity index (χ1n) is 5.96. The number of aromatic nitrogens is 3. The number of rotatable bonds is 4. The van der Waals surface area contributed by atoms with Gasteiger partial charge in [-0.25, -0.2) is 14.8 Å². The molecule has 0 atom stereocenters. The highest BCUT2D eigenvalue weighted by molar-refractivity contribution is 5.92. The van der Waals surface area contributed by atoms with E-state index in [2.05, 4.69) is 20.3 Å². The molecule has 2 aromatic rings. The van der Waals surface area contributed by atoms with Crippen molar-refractivity contribution in [2.45, 2.75) is 6.92 Å². The molecule has 0 aliphatic carbocycles. The van der Waals surface area contributed by atoms with Gasteiger partial charge in [-0.05, 0) is 25.1 Å². The van der Waals surface area contributed by atoms with Gasteiger partial charge in [-0.1, -0.05) is 0 Å². The predicted octanol–water partition coefficient (Wildman–Crippen LogP) is 1.83. The molecule has 0 aliphatic rings. The lowest BCUT2D eigenvalue weighted by Gasteiger charge is -2.07. The number of aliphatic carboxylic acids is 1. The molecule has 2 N–H and O–H groups in total. The molecule has 0 aliphatic heterocycles. The summed E-state index contributed by atoms with van der Waals surface area (Å²) in [5.41, 5.74) is 0.637. The lowest BCUT2D eigenvalue weighted by atomic mass is 10.2. The lowest BCUT2D eigenvalue weighted by Crippen LogP contribution is -2.08. The first-order valence-corrected chi connectivity index (χ1v) is 5.96. The minimum atomic E-state index is -1.29. The average molecular weight is 281 g/mol. The van der Waals surface area contributed by atoms with Crippen molar-refractivity contribution in [1.82, 2.24) is 15.0 Å². The Labute approximate surface area is 120 Å². The third-order valence-corrected chi connectivity index (χ3v) is 2.61. The third-order valence-electron chi connectivity index (χ3n) is 2.61. The molecule has 0 saturated heterocycles. The van der Waals surface area contributed by atoms with Crippen LogP contribution in [0, 0.1) is 11.3 Å². The fraction of sp³-hybridized carbons (Fsp3) is 0.0714. The zero-order chi connectivity index (χ0) is 15.2. The van der Waals surface area contributed by atoms with Crippen molar-refractivity contribution in [3.63, 3.8) is 0 Å². The molecule has 21 heavy (non-hydrogen) atoms. The molecule has 2 heterocycles. The Hall–Kier alpha value is -3.27. The molecule has 7 nitrogen and oxygen atoms in total. The van der Waals surface area contributed by atoms with Crippen molar-refractivity contribution >= 4 is 11.8 Å². The van der Waals surface area contributed by atoms with E-state index in [9.17, 15) is 4.79 Å². The van der Waals surface area contributed by atoms with Gasteiger partial charge in [0.15, 0.2) is 11.4 Å². The number of carboxylic acids is 1. The average Bonchev–Trinajstić information content (AvgIpc) is 2.48. The number of hydrogen-bond donors (Lipinski definition) is 2. The second-order valence-corrected chi connectivity index (χ2v) is 4.04. The number of nitrogens with zero attached hydrogens (tertiary/aromatic N) is 4. The van der Waals surface area contributed by atoms with E-state index in [1.54, 1.807) is 42.9 Å². The van der Waals surface area contributed by atoms with E-state index >= 15 is 0 Å². The molecule has 0 saturated carbocycles. The number of carboxylic acid groups (broad SMARTS) is 1. The van der Waals surface area contributed by atoms with E-state index in [0.717, 1.165) is 5.56 Å². The van der Waals surface area contributed by atoms with Gasteiger partial charge in [0.1, 0.15) is 11.9 Å². The fourth-order valence-electron chi connectivity index (χ4n) is 1.62. The summed E-state index contributed by atoms with van der Waals surface area (Å²) in [5.74, 6) is -0.404. The maximum atomic E-state index is 10.9. The number of carbonyl (C=O) groups is 1. The summed E-state index contributed by atoms with van der Waals surface area (Å²) < 4.78 is 0. The first-order chi connectivity index (χ1) is 10.1. The molecular formula is C14H11N5O2. The van der Waals surface area contributed by atoms with Gasteiger partial charge in [0.05, 0.1) is 0 Å². The van der Waals surface area contributed by atoms with Crippen LogP contribution >= 0.6 is 0 Å². The molecule has 0 bridgehead atoms. The Morgan fingerprint density at radius 1 is 1.29 bits per heavy atom. The summed E-state index contributed by atoms with van der Waals surface area (Å²) >= 11 is 0. The largest absolute Gasteiger partial charge is 0.477 e. The number of nitrogens with one attached hydrogen (secondary N) is 1. The Kier molecular flexibility index (Phi) is 4.21. The van der Waals surface area contributed by atoms with Gasteiger partial charge in [0, 0.05) is 29.9 Å². The highest BCUT2D eigenvalue weighted by Crippen LogP contribution is 2.16. The van der Waals surface area contributed by atoms with Crippen LogP contribution < -0.4 is 5.32 Å². The van der Waals surface area contributed by atoms with Gasteiger partial charge in [-0.2, -0.15) is 5.26 Å². The predicted molar refractivity (Wildman–Crippen MR) is 74.8 cm³/mol. The van der Waals surface area contributed by atoms with Crippen LogP contribution in [-0.4, -0.2) is 26.0 Å². The molecule has 0 aromatic carbocycles. The summed E-state index contributed by atoms with van der Waals surface area (Å²) in [6, 6.07) is 6.75. The van der Waals surface area contributed by atoms with E-state index in [4.69, 9.17) is 10.4 Å².